The van der Waals surface area contributed by atoms with Crippen molar-refractivity contribution in [3.8, 4) is 6.07 Å². The monoisotopic (exact) mass is 418 g/mol. The van der Waals surface area contributed by atoms with Gasteiger partial charge in [0.25, 0.3) is 10.0 Å². The molecule has 0 radical (unpaired) electrons. The maximum Gasteiger partial charge on any atom is 0.336 e. The van der Waals surface area contributed by atoms with E-state index >= 15 is 0 Å². The molecule has 2 aromatic rings. The van der Waals surface area contributed by atoms with Crippen molar-refractivity contribution in [3.05, 3.63) is 47.0 Å². The third kappa shape index (κ3) is 3.85. The molecule has 10 nitrogen and oxygen atoms in total. The van der Waals surface area contributed by atoms with Gasteiger partial charge in [0, 0.05) is 0 Å². The summed E-state index contributed by atoms with van der Waals surface area (Å²) in [6.07, 6.45) is 0. The Morgan fingerprint density at radius 2 is 2.10 bits per heavy atom. The Morgan fingerprint density at radius 3 is 2.76 bits per heavy atom. The zero-order chi connectivity index (χ0) is 21.3. The van der Waals surface area contributed by atoms with Crippen LogP contribution in [-0.4, -0.2) is 41.4 Å². The van der Waals surface area contributed by atoms with E-state index in [1.165, 1.54) is 6.07 Å². The number of benzene rings is 1. The van der Waals surface area contributed by atoms with Gasteiger partial charge in [-0.05, 0) is 43.7 Å². The fraction of sp³-hybridized carbons (Fsp3) is 0.235. The Kier molecular flexibility index (Phi) is 5.17. The maximum absolute atomic E-state index is 13.5. The van der Waals surface area contributed by atoms with Crippen LogP contribution in [-0.2, 0) is 14.8 Å². The highest BCUT2D eigenvalue weighted by molar-refractivity contribution is 7.90. The number of hydrogen-bond donors (Lipinski definition) is 2. The van der Waals surface area contributed by atoms with Crippen molar-refractivity contribution in [1.82, 2.24) is 19.8 Å². The summed E-state index contributed by atoms with van der Waals surface area (Å²) in [5, 5.41) is 21.3. The van der Waals surface area contributed by atoms with Crippen LogP contribution in [0.2, 0.25) is 0 Å². The van der Waals surface area contributed by atoms with Crippen molar-refractivity contribution in [3.63, 3.8) is 0 Å². The van der Waals surface area contributed by atoms with Gasteiger partial charge < -0.3 is 10.6 Å². The number of nitrogens with zero attached hydrogens (tertiary/aromatic N) is 4. The Morgan fingerprint density at radius 1 is 1.38 bits per heavy atom. The summed E-state index contributed by atoms with van der Waals surface area (Å²) in [5.41, 5.74) is 1.05. The van der Waals surface area contributed by atoms with Gasteiger partial charge in [-0.3, -0.25) is 4.79 Å². The molecular weight excluding hydrogens is 403 g/mol. The van der Waals surface area contributed by atoms with Crippen molar-refractivity contribution in [2.75, 3.05) is 11.9 Å². The minimum absolute atomic E-state index is 0.0649. The largest absolute Gasteiger partial charge is 0.346 e. The summed E-state index contributed by atoms with van der Waals surface area (Å²) in [7, 11) is -4.41. The average molecular weight is 418 g/mol. The number of carbonyl (C=O) groups excluding carboxylic acids is 2. The van der Waals surface area contributed by atoms with Crippen LogP contribution < -0.4 is 10.6 Å². The molecule has 1 aromatic heterocycles. The fourth-order valence-electron chi connectivity index (χ4n) is 2.84. The SMILES string of the molecule is Cc1cc(C#N)nnc1[C@@H](C)NC(=O)CN1C(=O)Nc2ccc(F)cc2S1(=O)=O. The molecule has 3 amide bonds. The van der Waals surface area contributed by atoms with E-state index in [2.05, 4.69) is 20.8 Å². The number of aryl methyl sites for hydroxylation is 1. The van der Waals surface area contributed by atoms with E-state index in [0.29, 0.717) is 15.6 Å². The van der Waals surface area contributed by atoms with E-state index in [-0.39, 0.29) is 11.4 Å². The smallest absolute Gasteiger partial charge is 0.336 e. The molecule has 2 heterocycles. The van der Waals surface area contributed by atoms with Gasteiger partial charge in [0.2, 0.25) is 5.91 Å². The Balaban J connectivity index is 1.78. The average Bonchev–Trinajstić information content (AvgIpc) is 2.65. The topological polar surface area (TPSA) is 145 Å². The molecule has 150 valence electrons. The molecule has 2 N–H and O–H groups in total. The van der Waals surface area contributed by atoms with Gasteiger partial charge in [-0.1, -0.05) is 0 Å². The molecule has 0 unspecified atom stereocenters. The van der Waals surface area contributed by atoms with Crippen LogP contribution in [0.5, 0.6) is 0 Å². The zero-order valence-electron chi connectivity index (χ0n) is 15.3. The van der Waals surface area contributed by atoms with Gasteiger partial charge in [0.1, 0.15) is 23.3 Å². The normalized spacial score (nSPS) is 15.7. The van der Waals surface area contributed by atoms with Crippen LogP contribution in [0, 0.1) is 24.1 Å². The lowest BCUT2D eigenvalue weighted by molar-refractivity contribution is -0.121. The summed E-state index contributed by atoms with van der Waals surface area (Å²) >= 11 is 0. The van der Waals surface area contributed by atoms with Crippen molar-refractivity contribution in [2.45, 2.75) is 24.8 Å². The van der Waals surface area contributed by atoms with Crippen LogP contribution in [0.25, 0.3) is 0 Å². The highest BCUT2D eigenvalue weighted by atomic mass is 32.2. The predicted octanol–water partition coefficient (Wildman–Crippen LogP) is 1.21. The minimum Gasteiger partial charge on any atom is -0.346 e. The van der Waals surface area contributed by atoms with E-state index in [1.807, 2.05) is 6.07 Å². The molecule has 1 aliphatic heterocycles. The molecule has 1 atom stereocenters. The second-order valence-electron chi connectivity index (χ2n) is 6.28. The summed E-state index contributed by atoms with van der Waals surface area (Å²) in [5.74, 6) is -1.57. The molecule has 0 aliphatic carbocycles. The lowest BCUT2D eigenvalue weighted by atomic mass is 10.1. The zero-order valence-corrected chi connectivity index (χ0v) is 16.1. The number of sulfonamides is 1. The molecule has 1 aliphatic rings. The van der Waals surface area contributed by atoms with E-state index < -0.39 is 45.3 Å². The van der Waals surface area contributed by atoms with Gasteiger partial charge >= 0.3 is 6.03 Å². The summed E-state index contributed by atoms with van der Waals surface area (Å²) in [6.45, 7) is 2.47. The molecule has 0 spiro atoms. The van der Waals surface area contributed by atoms with Gasteiger partial charge in [-0.15, -0.1) is 5.10 Å². The van der Waals surface area contributed by atoms with Gasteiger partial charge in [-0.25, -0.2) is 21.9 Å². The van der Waals surface area contributed by atoms with Crippen molar-refractivity contribution >= 4 is 27.6 Å². The summed E-state index contributed by atoms with van der Waals surface area (Å²) < 4.78 is 39.1. The number of nitrogens with one attached hydrogen (secondary N) is 2. The number of urea groups is 1. The second-order valence-corrected chi connectivity index (χ2v) is 8.11. The lowest BCUT2D eigenvalue weighted by Crippen LogP contribution is -2.49. The number of nitriles is 1. The summed E-state index contributed by atoms with van der Waals surface area (Å²) in [4.78, 5) is 24.1. The molecular formula is C17H15FN6O4S. The fourth-order valence-corrected chi connectivity index (χ4v) is 4.29. The lowest BCUT2D eigenvalue weighted by Gasteiger charge is -2.28. The molecule has 1 aromatic carbocycles. The molecule has 0 bridgehead atoms. The minimum atomic E-state index is -4.41. The molecule has 29 heavy (non-hydrogen) atoms. The Bertz CT molecular complexity index is 1160. The molecule has 0 fully saturated rings. The first-order valence-corrected chi connectivity index (χ1v) is 9.74. The van der Waals surface area contributed by atoms with Crippen molar-refractivity contribution < 1.29 is 22.4 Å². The summed E-state index contributed by atoms with van der Waals surface area (Å²) in [6, 6.07) is 4.57. The second kappa shape index (κ2) is 7.44. The van der Waals surface area contributed by atoms with Crippen LogP contribution in [0.4, 0.5) is 14.9 Å². The van der Waals surface area contributed by atoms with E-state index in [1.54, 1.807) is 13.8 Å². The van der Waals surface area contributed by atoms with Crippen molar-refractivity contribution in [2.24, 2.45) is 0 Å². The number of hydrogen-bond acceptors (Lipinski definition) is 7. The van der Waals surface area contributed by atoms with Gasteiger partial charge in [0.15, 0.2) is 5.69 Å². The van der Waals surface area contributed by atoms with E-state index in [9.17, 15) is 22.4 Å². The van der Waals surface area contributed by atoms with E-state index in [4.69, 9.17) is 5.26 Å². The first kappa shape index (κ1) is 20.2. The Hall–Kier alpha value is -3.59. The predicted molar refractivity (Wildman–Crippen MR) is 97.4 cm³/mol. The van der Waals surface area contributed by atoms with Crippen LogP contribution >= 0.6 is 0 Å². The number of anilines is 1. The number of amides is 3. The van der Waals surface area contributed by atoms with Crippen molar-refractivity contribution in [1.29, 1.82) is 5.26 Å². The Labute approximate surface area is 165 Å². The van der Waals surface area contributed by atoms with Crippen LogP contribution in [0.1, 0.15) is 29.9 Å². The van der Waals surface area contributed by atoms with E-state index in [0.717, 1.165) is 18.2 Å². The van der Waals surface area contributed by atoms with Crippen LogP contribution in [0.15, 0.2) is 29.2 Å². The molecule has 0 saturated carbocycles. The highest BCUT2D eigenvalue weighted by Gasteiger charge is 2.38. The standard InChI is InChI=1S/C17H15FN6O4S/c1-9-5-12(7-19)22-23-16(9)10(2)20-15(25)8-24-17(26)21-13-4-3-11(18)6-14(13)29(24,27)28/h3-6,10H,8H2,1-2H3,(H,20,25)(H,21,26)/t10-/m1/s1. The molecule has 0 saturated heterocycles. The first-order chi connectivity index (χ1) is 13.6. The van der Waals surface area contributed by atoms with Gasteiger partial charge in [-0.2, -0.15) is 10.4 Å². The third-order valence-electron chi connectivity index (χ3n) is 4.19. The number of carbonyl (C=O) groups is 2. The number of rotatable bonds is 4. The highest BCUT2D eigenvalue weighted by Crippen LogP contribution is 2.30. The third-order valence-corrected chi connectivity index (χ3v) is 5.96. The molecule has 12 heteroatoms. The number of fused-ring (bicyclic) bond motifs is 1. The maximum atomic E-state index is 13.5. The number of halogens is 1. The first-order valence-electron chi connectivity index (χ1n) is 8.30. The van der Waals surface area contributed by atoms with Gasteiger partial charge in [0.05, 0.1) is 17.4 Å². The molecule has 3 rings (SSSR count). The number of aromatic nitrogens is 2. The quantitative estimate of drug-likeness (QED) is 0.759. The van der Waals surface area contributed by atoms with Crippen LogP contribution in [0.3, 0.4) is 0 Å².